The molecular weight excluding hydrogens is 374 g/mol. The van der Waals surface area contributed by atoms with Crippen molar-refractivity contribution in [3.63, 3.8) is 0 Å². The molecule has 4 aliphatic heterocycles. The normalized spacial score (nSPS) is 21.4. The Morgan fingerprint density at radius 1 is 0.966 bits per heavy atom. The highest BCUT2D eigenvalue weighted by atomic mass is 16.7. The van der Waals surface area contributed by atoms with Gasteiger partial charge in [0.05, 0.1) is 20.8 Å². The molecule has 0 bridgehead atoms. The Hall–Kier alpha value is -2.64. The van der Waals surface area contributed by atoms with Gasteiger partial charge in [-0.1, -0.05) is 0 Å². The third-order valence-electron chi connectivity index (χ3n) is 6.47. The standard InChI is InChI=1S/C22H23NO6/c1-24-17-7-13-5-16-19-12(6-18-21(22(19)25-2)29-11-27-18)3-4-23(16)8-14(13)15-9-26-10-28-20(15)17/h6-7,16H,3-5,8-11H2,1-2H3/t16-/m1/s1. The molecule has 2 aromatic carbocycles. The summed E-state index contributed by atoms with van der Waals surface area (Å²) in [5.74, 6) is 3.93. The zero-order chi connectivity index (χ0) is 19.5. The van der Waals surface area contributed by atoms with Crippen LogP contribution in [0.2, 0.25) is 0 Å². The lowest BCUT2D eigenvalue weighted by molar-refractivity contribution is -0.0193. The van der Waals surface area contributed by atoms with Crippen LogP contribution in [0, 0.1) is 0 Å². The molecule has 0 saturated carbocycles. The van der Waals surface area contributed by atoms with Crippen LogP contribution in [0.5, 0.6) is 28.7 Å². The summed E-state index contributed by atoms with van der Waals surface area (Å²) in [5, 5.41) is 0. The summed E-state index contributed by atoms with van der Waals surface area (Å²) in [6, 6.07) is 4.48. The van der Waals surface area contributed by atoms with Crippen LogP contribution in [-0.2, 0) is 30.7 Å². The van der Waals surface area contributed by atoms with Crippen molar-refractivity contribution in [2.45, 2.75) is 32.0 Å². The molecule has 1 atom stereocenters. The first-order chi connectivity index (χ1) is 14.3. The van der Waals surface area contributed by atoms with Crippen LogP contribution in [0.15, 0.2) is 12.1 Å². The molecule has 0 fully saturated rings. The Balaban J connectivity index is 1.48. The van der Waals surface area contributed by atoms with E-state index >= 15 is 0 Å². The number of nitrogens with zero attached hydrogens (tertiary/aromatic N) is 1. The fraction of sp³-hybridized carbons (Fsp3) is 0.455. The molecule has 0 unspecified atom stereocenters. The maximum atomic E-state index is 5.83. The number of ether oxygens (including phenoxy) is 6. The monoisotopic (exact) mass is 397 g/mol. The van der Waals surface area contributed by atoms with Crippen molar-refractivity contribution < 1.29 is 28.4 Å². The van der Waals surface area contributed by atoms with Gasteiger partial charge in [-0.3, -0.25) is 4.90 Å². The predicted octanol–water partition coefficient (Wildman–Crippen LogP) is 2.95. The molecule has 0 N–H and O–H groups in total. The van der Waals surface area contributed by atoms with Crippen LogP contribution in [-0.4, -0.2) is 39.3 Å². The fourth-order valence-electron chi connectivity index (χ4n) is 5.16. The first-order valence-corrected chi connectivity index (χ1v) is 9.94. The Bertz CT molecular complexity index is 1000. The van der Waals surface area contributed by atoms with Crippen LogP contribution in [0.1, 0.15) is 33.9 Å². The summed E-state index contributed by atoms with van der Waals surface area (Å²) in [6.45, 7) is 2.92. The van der Waals surface area contributed by atoms with Crippen LogP contribution in [0.4, 0.5) is 0 Å². The van der Waals surface area contributed by atoms with Crippen LogP contribution in [0.25, 0.3) is 0 Å². The first kappa shape index (κ1) is 17.2. The van der Waals surface area contributed by atoms with Crippen molar-refractivity contribution >= 4 is 0 Å². The molecule has 0 saturated heterocycles. The van der Waals surface area contributed by atoms with E-state index in [4.69, 9.17) is 28.4 Å². The minimum atomic E-state index is 0.226. The maximum Gasteiger partial charge on any atom is 0.231 e. The van der Waals surface area contributed by atoms with Gasteiger partial charge in [0.2, 0.25) is 12.5 Å². The molecule has 7 nitrogen and oxygen atoms in total. The zero-order valence-corrected chi connectivity index (χ0v) is 16.6. The highest BCUT2D eigenvalue weighted by Gasteiger charge is 2.39. The van der Waals surface area contributed by atoms with Gasteiger partial charge in [-0.2, -0.15) is 0 Å². The second-order valence-electron chi connectivity index (χ2n) is 7.79. The van der Waals surface area contributed by atoms with Crippen molar-refractivity contribution in [1.29, 1.82) is 0 Å². The quantitative estimate of drug-likeness (QED) is 0.772. The Morgan fingerprint density at radius 2 is 1.86 bits per heavy atom. The van der Waals surface area contributed by atoms with Gasteiger partial charge in [0.1, 0.15) is 0 Å². The molecule has 0 spiro atoms. The van der Waals surface area contributed by atoms with E-state index in [2.05, 4.69) is 17.0 Å². The highest BCUT2D eigenvalue weighted by Crippen LogP contribution is 2.52. The van der Waals surface area contributed by atoms with E-state index in [0.717, 1.165) is 60.2 Å². The second kappa shape index (κ2) is 6.43. The van der Waals surface area contributed by atoms with Gasteiger partial charge in [0.15, 0.2) is 29.8 Å². The summed E-state index contributed by atoms with van der Waals surface area (Å²) < 4.78 is 34.2. The SMILES string of the molecule is COc1cc2c(c3c1OCOC3)CN1CCc3cc4c(c(OC)c3[C@H]1C2)OCO4. The van der Waals surface area contributed by atoms with Crippen LogP contribution in [0.3, 0.4) is 0 Å². The Morgan fingerprint density at radius 3 is 2.72 bits per heavy atom. The Kier molecular flexibility index (Phi) is 3.82. The van der Waals surface area contributed by atoms with Gasteiger partial charge in [-0.25, -0.2) is 0 Å². The van der Waals surface area contributed by atoms with Crippen molar-refractivity contribution in [3.8, 4) is 28.7 Å². The van der Waals surface area contributed by atoms with Gasteiger partial charge in [0, 0.05) is 30.3 Å². The lowest BCUT2D eigenvalue weighted by Gasteiger charge is -2.43. The van der Waals surface area contributed by atoms with E-state index < -0.39 is 0 Å². The number of benzene rings is 2. The minimum Gasteiger partial charge on any atom is -0.493 e. The van der Waals surface area contributed by atoms with E-state index in [9.17, 15) is 0 Å². The fourth-order valence-corrected chi connectivity index (χ4v) is 5.16. The van der Waals surface area contributed by atoms with Crippen LogP contribution >= 0.6 is 0 Å². The van der Waals surface area contributed by atoms with Crippen molar-refractivity contribution in [2.24, 2.45) is 0 Å². The van der Waals surface area contributed by atoms with Gasteiger partial charge in [-0.15, -0.1) is 0 Å². The van der Waals surface area contributed by atoms with E-state index in [1.54, 1.807) is 14.2 Å². The first-order valence-electron chi connectivity index (χ1n) is 9.94. The third kappa shape index (κ3) is 2.44. The Labute approximate surface area is 169 Å². The molecule has 152 valence electrons. The second-order valence-corrected chi connectivity index (χ2v) is 7.79. The number of rotatable bonds is 2. The molecule has 7 heteroatoms. The summed E-state index contributed by atoms with van der Waals surface area (Å²) >= 11 is 0. The summed E-state index contributed by atoms with van der Waals surface area (Å²) in [6.07, 6.45) is 1.83. The number of methoxy groups -OCH3 is 2. The molecule has 0 amide bonds. The van der Waals surface area contributed by atoms with E-state index in [1.165, 1.54) is 22.3 Å². The van der Waals surface area contributed by atoms with Gasteiger partial charge in [0.25, 0.3) is 0 Å². The lowest BCUT2D eigenvalue weighted by Crippen LogP contribution is -2.40. The van der Waals surface area contributed by atoms with Gasteiger partial charge >= 0.3 is 0 Å². The summed E-state index contributed by atoms with van der Waals surface area (Å²) in [4.78, 5) is 2.52. The van der Waals surface area contributed by atoms with Gasteiger partial charge in [-0.05, 0) is 41.7 Å². The molecule has 6 rings (SSSR count). The maximum absolute atomic E-state index is 5.83. The smallest absolute Gasteiger partial charge is 0.231 e. The van der Waals surface area contributed by atoms with Gasteiger partial charge < -0.3 is 28.4 Å². The van der Waals surface area contributed by atoms with Crippen LogP contribution < -0.4 is 23.7 Å². The molecule has 0 aromatic heterocycles. The van der Waals surface area contributed by atoms with E-state index in [-0.39, 0.29) is 19.6 Å². The average molecular weight is 397 g/mol. The number of hydrogen-bond donors (Lipinski definition) is 0. The largest absolute Gasteiger partial charge is 0.493 e. The van der Waals surface area contributed by atoms with Crippen molar-refractivity contribution in [3.05, 3.63) is 39.9 Å². The summed E-state index contributed by atoms with van der Waals surface area (Å²) in [5.41, 5.74) is 6.21. The van der Waals surface area contributed by atoms with E-state index in [0.29, 0.717) is 6.61 Å². The number of fused-ring (bicyclic) bond motifs is 7. The average Bonchev–Trinajstić information content (AvgIpc) is 3.24. The predicted molar refractivity (Wildman–Crippen MR) is 103 cm³/mol. The van der Waals surface area contributed by atoms with Crippen molar-refractivity contribution in [1.82, 2.24) is 4.90 Å². The molecule has 4 heterocycles. The molecule has 0 aliphatic carbocycles. The molecule has 29 heavy (non-hydrogen) atoms. The lowest BCUT2D eigenvalue weighted by atomic mass is 9.81. The molecule has 4 aliphatic rings. The minimum absolute atomic E-state index is 0.226. The molecular formula is C22H23NO6. The van der Waals surface area contributed by atoms with Crippen molar-refractivity contribution in [2.75, 3.05) is 34.4 Å². The zero-order valence-electron chi connectivity index (χ0n) is 16.6. The summed E-state index contributed by atoms with van der Waals surface area (Å²) in [7, 11) is 3.40. The number of hydrogen-bond acceptors (Lipinski definition) is 7. The topological polar surface area (TPSA) is 58.6 Å². The molecule has 2 aromatic rings. The van der Waals surface area contributed by atoms with E-state index in [1.807, 2.05) is 0 Å². The molecule has 0 radical (unpaired) electrons. The highest BCUT2D eigenvalue weighted by molar-refractivity contribution is 5.63. The third-order valence-corrected chi connectivity index (χ3v) is 6.47.